The molecule has 25 heavy (non-hydrogen) atoms. The molecular weight excluding hydrogens is 417 g/mol. The Morgan fingerprint density at radius 2 is 0.880 bits per heavy atom. The van der Waals surface area contributed by atoms with Crippen LogP contribution in [0.1, 0.15) is 54.1 Å². The van der Waals surface area contributed by atoms with E-state index in [9.17, 15) is 19.8 Å². The van der Waals surface area contributed by atoms with Gasteiger partial charge in [-0.3, -0.25) is 0 Å². The fourth-order valence-electron chi connectivity index (χ4n) is 2.35. The number of hydrogen-bond acceptors (Lipinski definition) is 4. The Morgan fingerprint density at radius 1 is 0.600 bits per heavy atom. The maximum absolute atomic E-state index is 10.6. The normalized spacial score (nSPS) is 9.52. The molecule has 2 aromatic carbocycles. The molecule has 0 atom stereocenters. The van der Waals surface area contributed by atoms with Crippen LogP contribution in [0.15, 0.2) is 24.3 Å². The molecule has 0 fully saturated rings. The number of carbonyl (C=O) groups is 2. The van der Waals surface area contributed by atoms with Crippen LogP contribution < -0.4 is 10.2 Å². The second-order valence-corrected chi connectivity index (χ2v) is 5.93. The van der Waals surface area contributed by atoms with E-state index in [4.69, 9.17) is 0 Å². The zero-order chi connectivity index (χ0) is 18.6. The van der Waals surface area contributed by atoms with E-state index in [0.717, 1.165) is 33.4 Å². The van der Waals surface area contributed by atoms with Gasteiger partial charge in [0.05, 0.1) is 11.9 Å². The van der Waals surface area contributed by atoms with Gasteiger partial charge in [0.2, 0.25) is 0 Å². The summed E-state index contributed by atoms with van der Waals surface area (Å²) in [6.07, 6.45) is 0. The number of hydrogen-bond donors (Lipinski definition) is 0. The SMILES string of the molecule is Cc1ccc(C(=O)[O-])c(C)c1C.Cc1ccc(C(=O)[O-])c(C)c1C.[Cd+2]. The van der Waals surface area contributed by atoms with Crippen LogP contribution >= 0.6 is 0 Å². The van der Waals surface area contributed by atoms with Gasteiger partial charge in [-0.1, -0.05) is 24.3 Å². The van der Waals surface area contributed by atoms with Gasteiger partial charge in [-0.25, -0.2) is 0 Å². The molecular formula is C20H22CdO4. The molecule has 0 N–H and O–H groups in total. The van der Waals surface area contributed by atoms with E-state index in [-0.39, 0.29) is 38.4 Å². The molecule has 0 aliphatic heterocycles. The Morgan fingerprint density at radius 3 is 1.12 bits per heavy atom. The van der Waals surface area contributed by atoms with E-state index in [1.807, 2.05) is 27.7 Å². The van der Waals surface area contributed by atoms with E-state index in [0.29, 0.717) is 0 Å². The number of rotatable bonds is 2. The molecule has 0 aliphatic rings. The summed E-state index contributed by atoms with van der Waals surface area (Å²) in [5.41, 5.74) is 6.45. The molecule has 2 rings (SSSR count). The van der Waals surface area contributed by atoms with Crippen LogP contribution in [0.25, 0.3) is 0 Å². The van der Waals surface area contributed by atoms with E-state index in [2.05, 4.69) is 0 Å². The van der Waals surface area contributed by atoms with Crippen molar-refractivity contribution in [3.63, 3.8) is 0 Å². The van der Waals surface area contributed by atoms with Gasteiger partial charge in [0.15, 0.2) is 0 Å². The maximum Gasteiger partial charge on any atom is 2.00 e. The third kappa shape index (κ3) is 5.66. The first kappa shape index (κ1) is 23.3. The average molecular weight is 439 g/mol. The second kappa shape index (κ2) is 9.70. The summed E-state index contributed by atoms with van der Waals surface area (Å²) in [5.74, 6) is -2.20. The third-order valence-corrected chi connectivity index (χ3v) is 4.56. The van der Waals surface area contributed by atoms with Gasteiger partial charge in [-0.05, 0) is 74.9 Å². The molecule has 0 aromatic heterocycles. The molecule has 0 heterocycles. The molecule has 0 amide bonds. The van der Waals surface area contributed by atoms with Crippen molar-refractivity contribution in [2.24, 2.45) is 0 Å². The molecule has 0 aliphatic carbocycles. The van der Waals surface area contributed by atoms with E-state index in [1.54, 1.807) is 38.1 Å². The smallest absolute Gasteiger partial charge is 0.545 e. The van der Waals surface area contributed by atoms with Crippen LogP contribution in [0, 0.1) is 41.5 Å². The molecule has 0 saturated carbocycles. The van der Waals surface area contributed by atoms with Crippen molar-refractivity contribution in [3.05, 3.63) is 68.8 Å². The first-order valence-electron chi connectivity index (χ1n) is 7.64. The van der Waals surface area contributed by atoms with Gasteiger partial charge in [0.25, 0.3) is 0 Å². The summed E-state index contributed by atoms with van der Waals surface area (Å²) in [6, 6.07) is 6.78. The van der Waals surface area contributed by atoms with Gasteiger partial charge in [0, 0.05) is 11.1 Å². The van der Waals surface area contributed by atoms with Crippen molar-refractivity contribution in [2.75, 3.05) is 0 Å². The minimum atomic E-state index is -1.10. The fourth-order valence-corrected chi connectivity index (χ4v) is 2.35. The molecule has 128 valence electrons. The summed E-state index contributed by atoms with van der Waals surface area (Å²) < 4.78 is 0. The number of carboxylic acid groups (broad SMARTS) is 2. The second-order valence-electron chi connectivity index (χ2n) is 5.93. The molecule has 4 nitrogen and oxygen atoms in total. The van der Waals surface area contributed by atoms with Gasteiger partial charge in [-0.2, -0.15) is 0 Å². The average Bonchev–Trinajstić information content (AvgIpc) is 2.50. The molecule has 0 unspecified atom stereocenters. The molecule has 0 saturated heterocycles. The van der Waals surface area contributed by atoms with Crippen LogP contribution in [-0.4, -0.2) is 11.9 Å². The molecule has 0 bridgehead atoms. The maximum atomic E-state index is 10.6. The molecule has 5 heteroatoms. The third-order valence-electron chi connectivity index (χ3n) is 4.56. The van der Waals surface area contributed by atoms with Crippen molar-refractivity contribution in [2.45, 2.75) is 41.5 Å². The van der Waals surface area contributed by atoms with Gasteiger partial charge >= 0.3 is 27.3 Å². The number of benzene rings is 2. The zero-order valence-corrected chi connectivity index (χ0v) is 19.7. The number of carboxylic acids is 2. The Kier molecular flexibility index (Phi) is 9.04. The predicted molar refractivity (Wildman–Crippen MR) is 90.0 cm³/mol. The van der Waals surface area contributed by atoms with Crippen LogP contribution in [0.2, 0.25) is 0 Å². The van der Waals surface area contributed by atoms with Gasteiger partial charge in [0.1, 0.15) is 0 Å². The Bertz CT molecular complexity index is 727. The van der Waals surface area contributed by atoms with Crippen LogP contribution in [0.3, 0.4) is 0 Å². The largest absolute Gasteiger partial charge is 2.00 e. The topological polar surface area (TPSA) is 80.3 Å². The predicted octanol–water partition coefficient (Wildman–Crippen LogP) is 1.95. The van der Waals surface area contributed by atoms with Crippen molar-refractivity contribution >= 4 is 11.9 Å². The minimum absolute atomic E-state index is 0. The Labute approximate surface area is 169 Å². The number of aromatic carboxylic acids is 2. The van der Waals surface area contributed by atoms with Crippen molar-refractivity contribution in [3.8, 4) is 0 Å². The van der Waals surface area contributed by atoms with E-state index >= 15 is 0 Å². The quantitative estimate of drug-likeness (QED) is 0.671. The summed E-state index contributed by atoms with van der Waals surface area (Å²) in [5, 5.41) is 21.1. The molecule has 0 spiro atoms. The molecule has 0 radical (unpaired) electrons. The fraction of sp³-hybridized carbons (Fsp3) is 0.300. The van der Waals surface area contributed by atoms with Crippen molar-refractivity contribution < 1.29 is 47.1 Å². The monoisotopic (exact) mass is 440 g/mol. The minimum Gasteiger partial charge on any atom is -0.545 e. The van der Waals surface area contributed by atoms with E-state index in [1.165, 1.54) is 0 Å². The van der Waals surface area contributed by atoms with Crippen LogP contribution in [0.5, 0.6) is 0 Å². The molecule has 2 aromatic rings. The van der Waals surface area contributed by atoms with Crippen LogP contribution in [-0.2, 0) is 27.3 Å². The zero-order valence-electron chi connectivity index (χ0n) is 15.6. The Balaban J connectivity index is 0.000000443. The van der Waals surface area contributed by atoms with Crippen molar-refractivity contribution in [1.82, 2.24) is 0 Å². The standard InChI is InChI=1S/2C10H12O2.Cd/c2*1-6-4-5-9(10(11)12)8(3)7(6)2;/h2*4-5H,1-3H3,(H,11,12);/q;;+2/p-2. The first-order valence-corrected chi connectivity index (χ1v) is 7.64. The van der Waals surface area contributed by atoms with Crippen LogP contribution in [0.4, 0.5) is 0 Å². The summed E-state index contributed by atoms with van der Waals surface area (Å²) in [7, 11) is 0. The van der Waals surface area contributed by atoms with Gasteiger partial charge in [-0.15, -0.1) is 0 Å². The van der Waals surface area contributed by atoms with Gasteiger partial charge < -0.3 is 19.8 Å². The number of aryl methyl sites for hydroxylation is 2. The first-order chi connectivity index (χ1) is 11.1. The summed E-state index contributed by atoms with van der Waals surface area (Å²) >= 11 is 0. The summed E-state index contributed by atoms with van der Waals surface area (Å²) in [4.78, 5) is 21.1. The Hall–Kier alpha value is -1.70. The van der Waals surface area contributed by atoms with E-state index < -0.39 is 11.9 Å². The van der Waals surface area contributed by atoms with Crippen molar-refractivity contribution in [1.29, 1.82) is 0 Å². The number of carbonyl (C=O) groups excluding carboxylic acids is 2. The summed E-state index contributed by atoms with van der Waals surface area (Å²) in [6.45, 7) is 11.3.